The average Bonchev–Trinajstić information content (AvgIpc) is 2.87. The standard InChI is InChI=1S/C16H27ClF3N5S/c1-4-24(5-2)10-6-8-21-15(26)22-9-7-11-25-12(3)13(17)14(23-25)16(18,19)20/h4-11H2,1-3H3,(H2,21,22,26). The fourth-order valence-corrected chi connectivity index (χ4v) is 2.91. The van der Waals surface area contributed by atoms with Gasteiger partial charge in [-0.05, 0) is 51.6 Å². The smallest absolute Gasteiger partial charge is 0.363 e. The molecule has 0 amide bonds. The molecule has 26 heavy (non-hydrogen) atoms. The van der Waals surface area contributed by atoms with Crippen molar-refractivity contribution >= 4 is 28.9 Å². The van der Waals surface area contributed by atoms with Gasteiger partial charge in [-0.1, -0.05) is 25.4 Å². The molecule has 0 aliphatic rings. The number of thiocarbonyl (C=S) groups is 1. The molecule has 0 saturated heterocycles. The molecule has 1 aromatic rings. The molecule has 5 nitrogen and oxygen atoms in total. The molecule has 2 N–H and O–H groups in total. The molecule has 0 spiro atoms. The van der Waals surface area contributed by atoms with Crippen LogP contribution in [0, 0.1) is 6.92 Å². The third-order valence-electron chi connectivity index (χ3n) is 4.07. The van der Waals surface area contributed by atoms with Crippen molar-refractivity contribution in [1.29, 1.82) is 0 Å². The van der Waals surface area contributed by atoms with Crippen molar-refractivity contribution in [2.75, 3.05) is 32.7 Å². The molecule has 150 valence electrons. The Bertz CT molecular complexity index is 573. The number of alkyl halides is 3. The van der Waals surface area contributed by atoms with Crippen LogP contribution in [0.15, 0.2) is 0 Å². The maximum Gasteiger partial charge on any atom is 0.436 e. The van der Waals surface area contributed by atoms with Gasteiger partial charge < -0.3 is 15.5 Å². The molecule has 0 aliphatic heterocycles. The maximum atomic E-state index is 12.8. The van der Waals surface area contributed by atoms with Crippen LogP contribution in [0.5, 0.6) is 0 Å². The van der Waals surface area contributed by atoms with Gasteiger partial charge in [-0.25, -0.2) is 0 Å². The summed E-state index contributed by atoms with van der Waals surface area (Å²) < 4.78 is 39.6. The largest absolute Gasteiger partial charge is 0.436 e. The lowest BCUT2D eigenvalue weighted by Gasteiger charge is -2.18. The number of aromatic nitrogens is 2. The summed E-state index contributed by atoms with van der Waals surface area (Å²) in [5, 5.41) is 9.97. The van der Waals surface area contributed by atoms with Crippen LogP contribution in [0.4, 0.5) is 13.2 Å². The van der Waals surface area contributed by atoms with Crippen LogP contribution in [0.3, 0.4) is 0 Å². The van der Waals surface area contributed by atoms with Crippen LogP contribution in [0.2, 0.25) is 5.02 Å². The Kier molecular flexibility index (Phi) is 9.67. The first-order valence-corrected chi connectivity index (χ1v) is 9.53. The zero-order valence-electron chi connectivity index (χ0n) is 15.4. The molecule has 1 rings (SSSR count). The van der Waals surface area contributed by atoms with E-state index >= 15 is 0 Å². The summed E-state index contributed by atoms with van der Waals surface area (Å²) >= 11 is 10.9. The van der Waals surface area contributed by atoms with Crippen molar-refractivity contribution in [3.63, 3.8) is 0 Å². The minimum Gasteiger partial charge on any atom is -0.363 e. The molecule has 1 aromatic heterocycles. The lowest BCUT2D eigenvalue weighted by molar-refractivity contribution is -0.141. The molecule has 0 atom stereocenters. The van der Waals surface area contributed by atoms with Gasteiger partial charge in [-0.2, -0.15) is 18.3 Å². The van der Waals surface area contributed by atoms with Crippen molar-refractivity contribution < 1.29 is 13.2 Å². The van der Waals surface area contributed by atoms with E-state index < -0.39 is 11.9 Å². The Balaban J connectivity index is 2.27. The summed E-state index contributed by atoms with van der Waals surface area (Å²) in [7, 11) is 0. The first-order chi connectivity index (χ1) is 12.2. The highest BCUT2D eigenvalue weighted by Crippen LogP contribution is 2.35. The van der Waals surface area contributed by atoms with Crippen LogP contribution < -0.4 is 10.6 Å². The van der Waals surface area contributed by atoms with E-state index in [0.717, 1.165) is 32.6 Å². The molecule has 1 heterocycles. The number of nitrogens with one attached hydrogen (secondary N) is 2. The van der Waals surface area contributed by atoms with E-state index in [-0.39, 0.29) is 5.02 Å². The van der Waals surface area contributed by atoms with Gasteiger partial charge >= 0.3 is 6.18 Å². The predicted octanol–water partition coefficient (Wildman–Crippen LogP) is 3.45. The Morgan fingerprint density at radius 1 is 1.19 bits per heavy atom. The Morgan fingerprint density at radius 3 is 2.27 bits per heavy atom. The van der Waals surface area contributed by atoms with Crippen LogP contribution in [-0.4, -0.2) is 52.5 Å². The SMILES string of the molecule is CCN(CC)CCCNC(=S)NCCCn1nc(C(F)(F)F)c(Cl)c1C. The highest BCUT2D eigenvalue weighted by atomic mass is 35.5. The van der Waals surface area contributed by atoms with E-state index in [0.29, 0.717) is 30.3 Å². The molecule has 0 radical (unpaired) electrons. The quantitative estimate of drug-likeness (QED) is 0.454. The second kappa shape index (κ2) is 10.9. The first-order valence-electron chi connectivity index (χ1n) is 8.74. The van der Waals surface area contributed by atoms with Gasteiger partial charge in [-0.3, -0.25) is 4.68 Å². The number of nitrogens with zero attached hydrogens (tertiary/aromatic N) is 3. The predicted molar refractivity (Wildman–Crippen MR) is 103 cm³/mol. The molecule has 0 bridgehead atoms. The number of aryl methyl sites for hydroxylation is 1. The summed E-state index contributed by atoms with van der Waals surface area (Å²) in [6.07, 6.45) is -2.96. The lowest BCUT2D eigenvalue weighted by atomic mass is 10.3. The van der Waals surface area contributed by atoms with Crippen LogP contribution >= 0.6 is 23.8 Å². The molecule has 0 unspecified atom stereocenters. The van der Waals surface area contributed by atoms with Crippen molar-refractivity contribution in [2.45, 2.75) is 46.3 Å². The van der Waals surface area contributed by atoms with Gasteiger partial charge in [-0.15, -0.1) is 0 Å². The molecule has 0 fully saturated rings. The molecule has 0 aromatic carbocycles. The van der Waals surface area contributed by atoms with E-state index in [2.05, 4.69) is 34.5 Å². The van der Waals surface area contributed by atoms with E-state index in [4.69, 9.17) is 23.8 Å². The summed E-state index contributed by atoms with van der Waals surface area (Å²) in [6, 6.07) is 0. The second-order valence-electron chi connectivity index (χ2n) is 5.89. The number of rotatable bonds is 10. The van der Waals surface area contributed by atoms with Crippen molar-refractivity contribution in [2.24, 2.45) is 0 Å². The fourth-order valence-electron chi connectivity index (χ4n) is 2.46. The zero-order chi connectivity index (χ0) is 19.7. The zero-order valence-corrected chi connectivity index (χ0v) is 17.0. The van der Waals surface area contributed by atoms with Crippen LogP contribution in [-0.2, 0) is 12.7 Å². The number of halogens is 4. The third-order valence-corrected chi connectivity index (χ3v) is 4.81. The monoisotopic (exact) mass is 413 g/mol. The van der Waals surface area contributed by atoms with Gasteiger partial charge in [0, 0.05) is 19.6 Å². The van der Waals surface area contributed by atoms with Gasteiger partial charge in [0.15, 0.2) is 10.8 Å². The lowest BCUT2D eigenvalue weighted by Crippen LogP contribution is -2.37. The first kappa shape index (κ1) is 23.0. The minimum atomic E-state index is -4.54. The Labute approximate surface area is 163 Å². The molecule has 10 heteroatoms. The third kappa shape index (κ3) is 7.28. The molecule has 0 saturated carbocycles. The maximum absolute atomic E-state index is 12.8. The van der Waals surface area contributed by atoms with Gasteiger partial charge in [0.05, 0.1) is 10.7 Å². The van der Waals surface area contributed by atoms with Crippen molar-refractivity contribution in [3.05, 3.63) is 16.4 Å². The van der Waals surface area contributed by atoms with Crippen molar-refractivity contribution in [3.8, 4) is 0 Å². The van der Waals surface area contributed by atoms with Crippen LogP contribution in [0.25, 0.3) is 0 Å². The minimum absolute atomic E-state index is 0.316. The number of hydrogen-bond donors (Lipinski definition) is 2. The van der Waals surface area contributed by atoms with E-state index in [1.165, 1.54) is 11.6 Å². The highest BCUT2D eigenvalue weighted by Gasteiger charge is 2.38. The molecule has 0 aliphatic carbocycles. The van der Waals surface area contributed by atoms with Gasteiger partial charge in [0.1, 0.15) is 0 Å². The summed E-state index contributed by atoms with van der Waals surface area (Å²) in [4.78, 5) is 2.34. The average molecular weight is 414 g/mol. The van der Waals surface area contributed by atoms with Crippen molar-refractivity contribution in [1.82, 2.24) is 25.3 Å². The Hall–Kier alpha value is -1.06. The topological polar surface area (TPSA) is 45.1 Å². The normalized spacial score (nSPS) is 11.8. The van der Waals surface area contributed by atoms with E-state index in [1.807, 2.05) is 0 Å². The summed E-state index contributed by atoms with van der Waals surface area (Å²) in [6.45, 7) is 10.5. The van der Waals surface area contributed by atoms with Gasteiger partial charge in [0.25, 0.3) is 0 Å². The summed E-state index contributed by atoms with van der Waals surface area (Å²) in [5.41, 5.74) is -0.717. The highest BCUT2D eigenvalue weighted by molar-refractivity contribution is 7.80. The summed E-state index contributed by atoms with van der Waals surface area (Å²) in [5.74, 6) is 0. The van der Waals surface area contributed by atoms with Gasteiger partial charge in [0.2, 0.25) is 0 Å². The fraction of sp³-hybridized carbons (Fsp3) is 0.750. The van der Waals surface area contributed by atoms with E-state index in [1.54, 1.807) is 0 Å². The molecular formula is C16H27ClF3N5S. The number of hydrogen-bond acceptors (Lipinski definition) is 3. The van der Waals surface area contributed by atoms with Crippen LogP contribution in [0.1, 0.15) is 38.1 Å². The Morgan fingerprint density at radius 2 is 1.77 bits per heavy atom. The second-order valence-corrected chi connectivity index (χ2v) is 6.67. The molecular weight excluding hydrogens is 387 g/mol. The van der Waals surface area contributed by atoms with E-state index in [9.17, 15) is 13.2 Å².